The standard InChI is InChI=1S/C27H23FN2O4S/c1-35(32,33)34-26-23(27(31)30-24(18-14-15-18)19-10-7-11-20(28)16-19)21-12-5-6-13-22(21)29-25(26)17-8-3-2-4-9-17/h2-13,16,18,24H,14-15H2,1H3,(H,30,31)/t24-/m0/s1. The third kappa shape index (κ3) is 5.02. The molecule has 0 spiro atoms. The lowest BCUT2D eigenvalue weighted by Gasteiger charge is -2.21. The molecule has 0 saturated heterocycles. The van der Waals surface area contributed by atoms with Crippen LogP contribution in [0.5, 0.6) is 5.75 Å². The highest BCUT2D eigenvalue weighted by Crippen LogP contribution is 2.42. The zero-order valence-electron chi connectivity index (χ0n) is 18.9. The first-order valence-electron chi connectivity index (χ1n) is 11.2. The highest BCUT2D eigenvalue weighted by atomic mass is 32.2. The van der Waals surface area contributed by atoms with Gasteiger partial charge in [0.25, 0.3) is 5.91 Å². The number of hydrogen-bond acceptors (Lipinski definition) is 5. The van der Waals surface area contributed by atoms with Gasteiger partial charge in [0.05, 0.1) is 23.4 Å². The Morgan fingerprint density at radius 2 is 1.74 bits per heavy atom. The van der Waals surface area contributed by atoms with Crippen LogP contribution in [0.15, 0.2) is 78.9 Å². The van der Waals surface area contributed by atoms with Crippen LogP contribution < -0.4 is 9.50 Å². The van der Waals surface area contributed by atoms with E-state index in [1.54, 1.807) is 60.7 Å². The Morgan fingerprint density at radius 1 is 1.03 bits per heavy atom. The Labute approximate surface area is 202 Å². The van der Waals surface area contributed by atoms with Gasteiger partial charge in [-0.1, -0.05) is 60.7 Å². The van der Waals surface area contributed by atoms with Crippen LogP contribution in [-0.4, -0.2) is 25.6 Å². The summed E-state index contributed by atoms with van der Waals surface area (Å²) >= 11 is 0. The average Bonchev–Trinajstić information content (AvgIpc) is 3.67. The van der Waals surface area contributed by atoms with Gasteiger partial charge in [-0.05, 0) is 42.5 Å². The van der Waals surface area contributed by atoms with Gasteiger partial charge in [-0.15, -0.1) is 0 Å². The summed E-state index contributed by atoms with van der Waals surface area (Å²) in [5.74, 6) is -0.866. The molecule has 1 atom stereocenters. The number of carbonyl (C=O) groups excluding carboxylic acids is 1. The van der Waals surface area contributed by atoms with Crippen LogP contribution >= 0.6 is 0 Å². The molecule has 0 radical (unpaired) electrons. The van der Waals surface area contributed by atoms with Crippen molar-refractivity contribution >= 4 is 26.9 Å². The minimum absolute atomic E-state index is 0.0712. The van der Waals surface area contributed by atoms with E-state index in [2.05, 4.69) is 10.3 Å². The van der Waals surface area contributed by atoms with E-state index in [1.165, 1.54) is 12.1 Å². The quantitative estimate of drug-likeness (QED) is 0.357. The molecule has 4 aromatic rings. The van der Waals surface area contributed by atoms with Gasteiger partial charge in [0.15, 0.2) is 5.75 Å². The predicted octanol–water partition coefficient (Wildman–Crippen LogP) is 5.26. The number of carbonyl (C=O) groups is 1. The molecule has 1 saturated carbocycles. The number of pyridine rings is 1. The molecule has 0 bridgehead atoms. The van der Waals surface area contributed by atoms with Gasteiger partial charge in [0.2, 0.25) is 0 Å². The first kappa shape index (κ1) is 23.0. The topological polar surface area (TPSA) is 85.4 Å². The normalized spacial score (nSPS) is 14.5. The lowest BCUT2D eigenvalue weighted by molar-refractivity contribution is 0.0931. The predicted molar refractivity (Wildman–Crippen MR) is 132 cm³/mol. The van der Waals surface area contributed by atoms with Crippen LogP contribution in [0, 0.1) is 11.7 Å². The number of rotatable bonds is 7. The molecule has 1 heterocycles. The van der Waals surface area contributed by atoms with E-state index >= 15 is 0 Å². The Hall–Kier alpha value is -3.78. The SMILES string of the molecule is CS(=O)(=O)Oc1c(-c2ccccc2)nc2ccccc2c1C(=O)N[C@H](c1cccc(F)c1)C1CC1. The van der Waals surface area contributed by atoms with Crippen molar-refractivity contribution in [2.24, 2.45) is 5.92 Å². The van der Waals surface area contributed by atoms with Crippen molar-refractivity contribution in [3.8, 4) is 17.0 Å². The van der Waals surface area contributed by atoms with Gasteiger partial charge < -0.3 is 9.50 Å². The molecule has 0 aliphatic heterocycles. The van der Waals surface area contributed by atoms with Gasteiger partial charge in [-0.2, -0.15) is 8.42 Å². The van der Waals surface area contributed by atoms with E-state index < -0.39 is 22.1 Å². The lowest BCUT2D eigenvalue weighted by Crippen LogP contribution is -2.31. The Morgan fingerprint density at radius 3 is 2.43 bits per heavy atom. The van der Waals surface area contributed by atoms with Crippen molar-refractivity contribution in [3.63, 3.8) is 0 Å². The van der Waals surface area contributed by atoms with Crippen LogP contribution in [0.4, 0.5) is 4.39 Å². The minimum Gasteiger partial charge on any atom is -0.379 e. The van der Waals surface area contributed by atoms with E-state index in [-0.39, 0.29) is 28.7 Å². The number of fused-ring (bicyclic) bond motifs is 1. The summed E-state index contributed by atoms with van der Waals surface area (Å²) in [6.45, 7) is 0. The zero-order chi connectivity index (χ0) is 24.6. The first-order valence-corrected chi connectivity index (χ1v) is 13.1. The second-order valence-electron chi connectivity index (χ2n) is 8.68. The maximum Gasteiger partial charge on any atom is 0.306 e. The number of nitrogens with one attached hydrogen (secondary N) is 1. The van der Waals surface area contributed by atoms with Crippen molar-refractivity contribution in [1.29, 1.82) is 0 Å². The molecule has 1 aliphatic carbocycles. The molecule has 5 rings (SSSR count). The van der Waals surface area contributed by atoms with Crippen molar-refractivity contribution < 1.29 is 21.8 Å². The number of nitrogens with zero attached hydrogens (tertiary/aromatic N) is 1. The van der Waals surface area contributed by atoms with Crippen LogP contribution in [0.3, 0.4) is 0 Å². The monoisotopic (exact) mass is 490 g/mol. The van der Waals surface area contributed by atoms with Crippen molar-refractivity contribution in [2.75, 3.05) is 6.26 Å². The van der Waals surface area contributed by atoms with Gasteiger partial charge in [0.1, 0.15) is 11.5 Å². The molecule has 1 aliphatic rings. The summed E-state index contributed by atoms with van der Waals surface area (Å²) in [6.07, 6.45) is 2.74. The van der Waals surface area contributed by atoms with E-state index in [0.717, 1.165) is 19.1 Å². The molecule has 178 valence electrons. The fraction of sp³-hybridized carbons (Fsp3) is 0.185. The lowest BCUT2D eigenvalue weighted by atomic mass is 9.99. The van der Waals surface area contributed by atoms with Gasteiger partial charge in [-0.3, -0.25) is 4.79 Å². The Bertz CT molecular complexity index is 1520. The van der Waals surface area contributed by atoms with Crippen molar-refractivity contribution in [3.05, 3.63) is 95.8 Å². The average molecular weight is 491 g/mol. The number of para-hydroxylation sites is 1. The molecule has 1 fully saturated rings. The Kier molecular flexibility index (Phi) is 5.98. The summed E-state index contributed by atoms with van der Waals surface area (Å²) < 4.78 is 43.9. The van der Waals surface area contributed by atoms with E-state index in [4.69, 9.17) is 4.18 Å². The summed E-state index contributed by atoms with van der Waals surface area (Å²) in [4.78, 5) is 18.5. The number of amides is 1. The third-order valence-corrected chi connectivity index (χ3v) is 6.41. The molecule has 3 aromatic carbocycles. The third-order valence-electron chi connectivity index (χ3n) is 5.94. The van der Waals surface area contributed by atoms with E-state index in [9.17, 15) is 17.6 Å². The number of halogens is 1. The van der Waals surface area contributed by atoms with Gasteiger partial charge in [0, 0.05) is 10.9 Å². The highest BCUT2D eigenvalue weighted by molar-refractivity contribution is 7.86. The molecule has 1 N–H and O–H groups in total. The molecule has 1 amide bonds. The smallest absolute Gasteiger partial charge is 0.306 e. The molecule has 8 heteroatoms. The molecular formula is C27H23FN2O4S. The molecule has 6 nitrogen and oxygen atoms in total. The zero-order valence-corrected chi connectivity index (χ0v) is 19.8. The summed E-state index contributed by atoms with van der Waals surface area (Å²) in [5, 5.41) is 3.48. The first-order chi connectivity index (χ1) is 16.8. The number of benzene rings is 3. The summed E-state index contributed by atoms with van der Waals surface area (Å²) in [7, 11) is -3.99. The fourth-order valence-electron chi connectivity index (χ4n) is 4.26. The van der Waals surface area contributed by atoms with Crippen LogP contribution in [-0.2, 0) is 10.1 Å². The van der Waals surface area contributed by atoms with Gasteiger partial charge >= 0.3 is 10.1 Å². The van der Waals surface area contributed by atoms with Crippen LogP contribution in [0.2, 0.25) is 0 Å². The maximum atomic E-state index is 14.0. The molecule has 1 aromatic heterocycles. The number of aromatic nitrogens is 1. The number of hydrogen-bond donors (Lipinski definition) is 1. The summed E-state index contributed by atoms with van der Waals surface area (Å²) in [5.41, 5.74) is 2.10. The van der Waals surface area contributed by atoms with Crippen LogP contribution in [0.25, 0.3) is 22.2 Å². The Balaban J connectivity index is 1.69. The summed E-state index contributed by atoms with van der Waals surface area (Å²) in [6, 6.07) is 21.7. The van der Waals surface area contributed by atoms with Crippen molar-refractivity contribution in [2.45, 2.75) is 18.9 Å². The molecule has 0 unspecified atom stereocenters. The molecular weight excluding hydrogens is 467 g/mol. The second-order valence-corrected chi connectivity index (χ2v) is 10.3. The van der Waals surface area contributed by atoms with Crippen LogP contribution in [0.1, 0.15) is 34.8 Å². The minimum atomic E-state index is -3.99. The second kappa shape index (κ2) is 9.11. The largest absolute Gasteiger partial charge is 0.379 e. The van der Waals surface area contributed by atoms with E-state index in [0.29, 0.717) is 22.0 Å². The molecule has 35 heavy (non-hydrogen) atoms. The van der Waals surface area contributed by atoms with Crippen molar-refractivity contribution in [1.82, 2.24) is 10.3 Å². The van der Waals surface area contributed by atoms with Gasteiger partial charge in [-0.25, -0.2) is 9.37 Å². The highest BCUT2D eigenvalue weighted by Gasteiger charge is 2.35. The fourth-order valence-corrected chi connectivity index (χ4v) is 4.73. The maximum absolute atomic E-state index is 14.0. The van der Waals surface area contributed by atoms with E-state index in [1.807, 2.05) is 6.07 Å².